The minimum Gasteiger partial charge on any atom is -0.344 e. The van der Waals surface area contributed by atoms with Gasteiger partial charge in [0.2, 0.25) is 5.91 Å². The van der Waals surface area contributed by atoms with Crippen LogP contribution in [0.4, 0.5) is 5.69 Å². The lowest BCUT2D eigenvalue weighted by Gasteiger charge is -2.03. The van der Waals surface area contributed by atoms with Crippen LogP contribution in [0.5, 0.6) is 0 Å². The molecule has 3 nitrogen and oxygen atoms in total. The van der Waals surface area contributed by atoms with Crippen molar-refractivity contribution in [3.8, 4) is 0 Å². The van der Waals surface area contributed by atoms with Crippen LogP contribution in [0.2, 0.25) is 0 Å². The number of carbonyl (C=O) groups is 1. The van der Waals surface area contributed by atoms with E-state index in [0.29, 0.717) is 0 Å². The molecular formula is C15H14N2O. The third-order valence-corrected chi connectivity index (χ3v) is 3.24. The van der Waals surface area contributed by atoms with E-state index in [0.717, 1.165) is 11.2 Å². The molecule has 0 aliphatic carbocycles. The van der Waals surface area contributed by atoms with Crippen molar-refractivity contribution in [2.24, 2.45) is 7.05 Å². The van der Waals surface area contributed by atoms with Crippen LogP contribution in [-0.4, -0.2) is 10.5 Å². The first-order chi connectivity index (χ1) is 8.66. The summed E-state index contributed by atoms with van der Waals surface area (Å²) in [5.74, 6) is -0.0480. The Balaban J connectivity index is 2.31. The molecule has 0 fully saturated rings. The van der Waals surface area contributed by atoms with Crippen molar-refractivity contribution < 1.29 is 4.79 Å². The quantitative estimate of drug-likeness (QED) is 0.693. The summed E-state index contributed by atoms with van der Waals surface area (Å²) < 4.78 is 2.15. The summed E-state index contributed by atoms with van der Waals surface area (Å²) >= 11 is 0. The first-order valence-electron chi connectivity index (χ1n) is 5.91. The number of hydrogen-bond acceptors (Lipinski definition) is 1. The fourth-order valence-corrected chi connectivity index (χ4v) is 2.44. The van der Waals surface area contributed by atoms with Gasteiger partial charge in [0, 0.05) is 35.9 Å². The first kappa shape index (κ1) is 10.8. The number of aryl methyl sites for hydroxylation is 1. The molecule has 0 unspecified atom stereocenters. The summed E-state index contributed by atoms with van der Waals surface area (Å²) in [5, 5.41) is 5.27. The number of nitrogens with zero attached hydrogens (tertiary/aromatic N) is 1. The van der Waals surface area contributed by atoms with Crippen molar-refractivity contribution in [1.82, 2.24) is 4.57 Å². The molecule has 3 rings (SSSR count). The number of hydrogen-bond donors (Lipinski definition) is 1. The highest BCUT2D eigenvalue weighted by atomic mass is 16.1. The van der Waals surface area contributed by atoms with E-state index in [2.05, 4.69) is 28.1 Å². The molecule has 1 amide bonds. The summed E-state index contributed by atoms with van der Waals surface area (Å²) in [6.07, 6.45) is 0. The number of amides is 1. The average molecular weight is 238 g/mol. The van der Waals surface area contributed by atoms with Gasteiger partial charge in [-0.25, -0.2) is 0 Å². The normalized spacial score (nSPS) is 11.0. The van der Waals surface area contributed by atoms with Gasteiger partial charge in [-0.1, -0.05) is 24.3 Å². The van der Waals surface area contributed by atoms with Crippen LogP contribution in [0, 0.1) is 0 Å². The number of aromatic nitrogens is 1. The number of rotatable bonds is 1. The number of benzene rings is 2. The highest BCUT2D eigenvalue weighted by molar-refractivity contribution is 6.09. The summed E-state index contributed by atoms with van der Waals surface area (Å²) in [6.45, 7) is 1.52. The predicted octanol–water partition coefficient (Wildman–Crippen LogP) is 3.29. The second-order valence-corrected chi connectivity index (χ2v) is 4.49. The Morgan fingerprint density at radius 1 is 1.06 bits per heavy atom. The number of carbonyl (C=O) groups excluding carboxylic acids is 1. The van der Waals surface area contributed by atoms with Gasteiger partial charge in [-0.15, -0.1) is 0 Å². The Hall–Kier alpha value is -2.29. The second-order valence-electron chi connectivity index (χ2n) is 4.49. The average Bonchev–Trinajstić information content (AvgIpc) is 2.63. The van der Waals surface area contributed by atoms with Crippen molar-refractivity contribution in [2.45, 2.75) is 6.92 Å². The lowest BCUT2D eigenvalue weighted by molar-refractivity contribution is -0.114. The molecule has 1 N–H and O–H groups in total. The maximum atomic E-state index is 11.1. The Morgan fingerprint density at radius 2 is 1.78 bits per heavy atom. The van der Waals surface area contributed by atoms with Gasteiger partial charge < -0.3 is 9.88 Å². The van der Waals surface area contributed by atoms with Crippen molar-refractivity contribution in [2.75, 3.05) is 5.32 Å². The highest BCUT2D eigenvalue weighted by Crippen LogP contribution is 2.29. The molecule has 0 saturated carbocycles. The van der Waals surface area contributed by atoms with Gasteiger partial charge in [0.1, 0.15) is 0 Å². The van der Waals surface area contributed by atoms with Gasteiger partial charge in [0.05, 0.1) is 5.52 Å². The third kappa shape index (κ3) is 1.56. The van der Waals surface area contributed by atoms with Crippen LogP contribution >= 0.6 is 0 Å². The van der Waals surface area contributed by atoms with Gasteiger partial charge >= 0.3 is 0 Å². The van der Waals surface area contributed by atoms with Crippen molar-refractivity contribution >= 4 is 33.4 Å². The third-order valence-electron chi connectivity index (χ3n) is 3.24. The lowest BCUT2D eigenvalue weighted by atomic mass is 10.1. The zero-order valence-corrected chi connectivity index (χ0v) is 10.4. The fourth-order valence-electron chi connectivity index (χ4n) is 2.44. The molecular weight excluding hydrogens is 224 g/mol. The Kier molecular flexibility index (Phi) is 2.33. The maximum absolute atomic E-state index is 11.1. The van der Waals surface area contributed by atoms with E-state index in [-0.39, 0.29) is 5.91 Å². The van der Waals surface area contributed by atoms with E-state index in [4.69, 9.17) is 0 Å². The zero-order chi connectivity index (χ0) is 12.7. The summed E-state index contributed by atoms with van der Waals surface area (Å²) in [7, 11) is 2.04. The van der Waals surface area contributed by atoms with E-state index in [1.54, 1.807) is 0 Å². The van der Waals surface area contributed by atoms with Crippen LogP contribution in [0.1, 0.15) is 6.92 Å². The Labute approximate surface area is 105 Å². The van der Waals surface area contributed by atoms with Crippen LogP contribution in [-0.2, 0) is 11.8 Å². The molecule has 90 valence electrons. The molecule has 3 aromatic rings. The highest BCUT2D eigenvalue weighted by Gasteiger charge is 2.08. The van der Waals surface area contributed by atoms with E-state index in [1.165, 1.54) is 23.2 Å². The molecule has 3 heteroatoms. The largest absolute Gasteiger partial charge is 0.344 e. The molecule has 0 spiro atoms. The summed E-state index contributed by atoms with van der Waals surface area (Å²) in [5.41, 5.74) is 3.16. The van der Waals surface area contributed by atoms with Gasteiger partial charge in [0.15, 0.2) is 0 Å². The number of nitrogens with one attached hydrogen (secondary N) is 1. The van der Waals surface area contributed by atoms with Crippen LogP contribution in [0.15, 0.2) is 42.5 Å². The van der Waals surface area contributed by atoms with Gasteiger partial charge in [0.25, 0.3) is 0 Å². The van der Waals surface area contributed by atoms with Crippen LogP contribution < -0.4 is 5.32 Å². The molecule has 1 heterocycles. The van der Waals surface area contributed by atoms with E-state index < -0.39 is 0 Å². The molecule has 2 aromatic carbocycles. The zero-order valence-electron chi connectivity index (χ0n) is 10.4. The smallest absolute Gasteiger partial charge is 0.221 e. The molecule has 0 atom stereocenters. The van der Waals surface area contributed by atoms with Gasteiger partial charge in [-0.3, -0.25) is 4.79 Å². The summed E-state index contributed by atoms with van der Waals surface area (Å²) in [6, 6.07) is 14.3. The SMILES string of the molecule is CC(=O)Nc1ccc2c3ccccc3n(C)c2c1. The maximum Gasteiger partial charge on any atom is 0.221 e. The number of anilines is 1. The van der Waals surface area contributed by atoms with Gasteiger partial charge in [-0.05, 0) is 18.2 Å². The molecule has 1 aromatic heterocycles. The molecule has 0 radical (unpaired) electrons. The van der Waals surface area contributed by atoms with Crippen molar-refractivity contribution in [1.29, 1.82) is 0 Å². The first-order valence-corrected chi connectivity index (χ1v) is 5.91. The van der Waals surface area contributed by atoms with E-state index in [9.17, 15) is 4.79 Å². The Morgan fingerprint density at radius 3 is 2.56 bits per heavy atom. The van der Waals surface area contributed by atoms with E-state index >= 15 is 0 Å². The lowest BCUT2D eigenvalue weighted by Crippen LogP contribution is -2.05. The van der Waals surface area contributed by atoms with Gasteiger partial charge in [-0.2, -0.15) is 0 Å². The molecule has 0 saturated heterocycles. The molecule has 18 heavy (non-hydrogen) atoms. The molecule has 0 bridgehead atoms. The standard InChI is InChI=1S/C15H14N2O/c1-10(18)16-11-7-8-13-12-5-3-4-6-14(12)17(2)15(13)9-11/h3-9H,1-2H3,(H,16,18). The fraction of sp³-hybridized carbons (Fsp3) is 0.133. The monoisotopic (exact) mass is 238 g/mol. The molecule has 0 aliphatic rings. The summed E-state index contributed by atoms with van der Waals surface area (Å²) in [4.78, 5) is 11.1. The van der Waals surface area contributed by atoms with Crippen LogP contribution in [0.25, 0.3) is 21.8 Å². The predicted molar refractivity (Wildman–Crippen MR) is 74.7 cm³/mol. The second kappa shape index (κ2) is 3.88. The Bertz CT molecular complexity index is 756. The number of para-hydroxylation sites is 1. The van der Waals surface area contributed by atoms with E-state index in [1.807, 2.05) is 31.3 Å². The topological polar surface area (TPSA) is 34.0 Å². The van der Waals surface area contributed by atoms with Crippen molar-refractivity contribution in [3.63, 3.8) is 0 Å². The molecule has 0 aliphatic heterocycles. The van der Waals surface area contributed by atoms with Crippen molar-refractivity contribution in [3.05, 3.63) is 42.5 Å². The minimum absolute atomic E-state index is 0.0480. The van der Waals surface area contributed by atoms with Crippen LogP contribution in [0.3, 0.4) is 0 Å². The minimum atomic E-state index is -0.0480. The number of fused-ring (bicyclic) bond motifs is 3.